The number of nitrogens with zero attached hydrogens (tertiary/aromatic N) is 1. The Morgan fingerprint density at radius 1 is 1.06 bits per heavy atom. The Morgan fingerprint density at radius 2 is 1.68 bits per heavy atom. The van der Waals surface area contributed by atoms with Gasteiger partial charge in [0, 0.05) is 33.2 Å². The van der Waals surface area contributed by atoms with Gasteiger partial charge in [-0.25, -0.2) is 4.79 Å². The van der Waals surface area contributed by atoms with Gasteiger partial charge >= 0.3 is 6.09 Å². The molecule has 2 fully saturated rings. The standard InChI is InChI=1S/C23H42N4O4/c1-6-22(19(28)24-4)9-12-26-18(15-22)7-8-23(20(29)25-5)10-13-27(14-11-23)21(30)31-16-17(2)3/h17-18,26H,6-16H2,1-5H3,(H,24,28)(H,25,29). The van der Waals surface area contributed by atoms with Crippen LogP contribution in [-0.4, -0.2) is 69.2 Å². The quantitative estimate of drug-likeness (QED) is 0.540. The van der Waals surface area contributed by atoms with Gasteiger partial charge < -0.3 is 25.6 Å². The van der Waals surface area contributed by atoms with Crippen molar-refractivity contribution in [1.82, 2.24) is 20.9 Å². The second-order valence-corrected chi connectivity index (χ2v) is 9.67. The number of hydrogen-bond donors (Lipinski definition) is 3. The molecule has 0 aromatic carbocycles. The zero-order valence-electron chi connectivity index (χ0n) is 20.0. The van der Waals surface area contributed by atoms with Gasteiger partial charge in [-0.3, -0.25) is 9.59 Å². The van der Waals surface area contributed by atoms with E-state index in [2.05, 4.69) is 22.9 Å². The lowest BCUT2D eigenvalue weighted by Crippen LogP contribution is -2.52. The van der Waals surface area contributed by atoms with Crippen molar-refractivity contribution in [3.8, 4) is 0 Å². The highest BCUT2D eigenvalue weighted by atomic mass is 16.6. The highest BCUT2D eigenvalue weighted by molar-refractivity contribution is 5.83. The maximum atomic E-state index is 12.9. The third-order valence-electron chi connectivity index (χ3n) is 7.26. The summed E-state index contributed by atoms with van der Waals surface area (Å²) in [6.45, 7) is 8.38. The molecule has 2 rings (SSSR count). The molecule has 8 heteroatoms. The molecule has 8 nitrogen and oxygen atoms in total. The van der Waals surface area contributed by atoms with Crippen molar-refractivity contribution in [2.75, 3.05) is 40.3 Å². The zero-order valence-corrected chi connectivity index (χ0v) is 20.0. The van der Waals surface area contributed by atoms with Gasteiger partial charge in [-0.1, -0.05) is 20.8 Å². The second kappa shape index (κ2) is 11.2. The first-order valence-electron chi connectivity index (χ1n) is 11.8. The number of ether oxygens (including phenoxy) is 1. The molecule has 2 atom stereocenters. The highest BCUT2D eigenvalue weighted by Crippen LogP contribution is 2.40. The predicted octanol–water partition coefficient (Wildman–Crippen LogP) is 2.28. The Morgan fingerprint density at radius 3 is 2.23 bits per heavy atom. The topological polar surface area (TPSA) is 99.8 Å². The number of carbonyl (C=O) groups excluding carboxylic acids is 3. The molecule has 31 heavy (non-hydrogen) atoms. The molecule has 2 unspecified atom stereocenters. The van der Waals surface area contributed by atoms with Gasteiger partial charge in [-0.15, -0.1) is 0 Å². The van der Waals surface area contributed by atoms with Crippen molar-refractivity contribution in [2.24, 2.45) is 16.7 Å². The van der Waals surface area contributed by atoms with Gasteiger partial charge in [0.15, 0.2) is 0 Å². The average molecular weight is 439 g/mol. The van der Waals surface area contributed by atoms with Crippen LogP contribution < -0.4 is 16.0 Å². The minimum Gasteiger partial charge on any atom is -0.449 e. The number of amides is 3. The van der Waals surface area contributed by atoms with E-state index < -0.39 is 5.41 Å². The van der Waals surface area contributed by atoms with Crippen LogP contribution in [-0.2, 0) is 14.3 Å². The lowest BCUT2D eigenvalue weighted by molar-refractivity contribution is -0.135. The number of likely N-dealkylation sites (tertiary alicyclic amines) is 1. The summed E-state index contributed by atoms with van der Waals surface area (Å²) >= 11 is 0. The molecule has 2 saturated heterocycles. The normalized spacial score (nSPS) is 25.7. The van der Waals surface area contributed by atoms with E-state index in [4.69, 9.17) is 4.74 Å². The van der Waals surface area contributed by atoms with E-state index in [9.17, 15) is 14.4 Å². The molecule has 3 N–H and O–H groups in total. The van der Waals surface area contributed by atoms with E-state index in [1.54, 1.807) is 19.0 Å². The van der Waals surface area contributed by atoms with E-state index in [-0.39, 0.29) is 29.4 Å². The molecule has 0 saturated carbocycles. The van der Waals surface area contributed by atoms with Crippen molar-refractivity contribution in [3.05, 3.63) is 0 Å². The molecule has 0 bridgehead atoms. The van der Waals surface area contributed by atoms with E-state index in [0.717, 1.165) is 38.6 Å². The van der Waals surface area contributed by atoms with Crippen LogP contribution in [0.1, 0.15) is 65.7 Å². The molecule has 0 aromatic heterocycles. The third-order valence-corrected chi connectivity index (χ3v) is 7.26. The van der Waals surface area contributed by atoms with Crippen LogP contribution >= 0.6 is 0 Å². The van der Waals surface area contributed by atoms with Gasteiger partial charge in [0.25, 0.3) is 0 Å². The molecule has 178 valence electrons. The molecular weight excluding hydrogens is 396 g/mol. The van der Waals surface area contributed by atoms with E-state index in [0.29, 0.717) is 38.5 Å². The lowest BCUT2D eigenvalue weighted by atomic mass is 9.69. The summed E-state index contributed by atoms with van der Waals surface area (Å²) in [5.41, 5.74) is -0.807. The van der Waals surface area contributed by atoms with Crippen LogP contribution in [0.4, 0.5) is 4.79 Å². The molecule has 0 aliphatic carbocycles. The lowest BCUT2D eigenvalue weighted by Gasteiger charge is -2.43. The fraction of sp³-hybridized carbons (Fsp3) is 0.870. The summed E-state index contributed by atoms with van der Waals surface area (Å²) in [4.78, 5) is 39.4. The molecular formula is C23H42N4O4. The fourth-order valence-electron chi connectivity index (χ4n) is 5.07. The number of hydrogen-bond acceptors (Lipinski definition) is 5. The summed E-state index contributed by atoms with van der Waals surface area (Å²) in [5, 5.41) is 9.24. The Kier molecular flexibility index (Phi) is 9.15. The summed E-state index contributed by atoms with van der Waals surface area (Å²) in [6, 6.07) is 0.210. The van der Waals surface area contributed by atoms with E-state index in [1.807, 2.05) is 13.8 Å². The first-order valence-corrected chi connectivity index (χ1v) is 11.8. The van der Waals surface area contributed by atoms with Crippen molar-refractivity contribution < 1.29 is 19.1 Å². The van der Waals surface area contributed by atoms with Gasteiger partial charge in [0.2, 0.25) is 11.8 Å². The van der Waals surface area contributed by atoms with Gasteiger partial charge in [0.1, 0.15) is 0 Å². The van der Waals surface area contributed by atoms with E-state index >= 15 is 0 Å². The first-order chi connectivity index (χ1) is 14.7. The molecule has 3 amide bonds. The minimum absolute atomic E-state index is 0.0477. The largest absolute Gasteiger partial charge is 0.449 e. The Bertz CT molecular complexity index is 631. The highest BCUT2D eigenvalue weighted by Gasteiger charge is 2.44. The second-order valence-electron chi connectivity index (χ2n) is 9.67. The van der Waals surface area contributed by atoms with E-state index in [1.165, 1.54) is 0 Å². The van der Waals surface area contributed by atoms with Crippen LogP contribution in [0.2, 0.25) is 0 Å². The average Bonchev–Trinajstić information content (AvgIpc) is 2.80. The van der Waals surface area contributed by atoms with Crippen molar-refractivity contribution in [2.45, 2.75) is 71.8 Å². The fourth-order valence-corrected chi connectivity index (χ4v) is 5.07. The van der Waals surface area contributed by atoms with Gasteiger partial charge in [-0.2, -0.15) is 0 Å². The van der Waals surface area contributed by atoms with Crippen LogP contribution in [0.15, 0.2) is 0 Å². The molecule has 2 aliphatic rings. The predicted molar refractivity (Wildman–Crippen MR) is 121 cm³/mol. The molecule has 0 aromatic rings. The molecule has 2 heterocycles. The number of rotatable bonds is 8. The summed E-state index contributed by atoms with van der Waals surface area (Å²) in [5.74, 6) is 0.467. The minimum atomic E-state index is -0.482. The maximum Gasteiger partial charge on any atom is 0.409 e. The summed E-state index contributed by atoms with van der Waals surface area (Å²) in [7, 11) is 3.39. The van der Waals surface area contributed by atoms with Crippen LogP contribution in [0.3, 0.4) is 0 Å². The first kappa shape index (κ1) is 25.4. The SMILES string of the molecule is CCC1(C(=O)NC)CCNC(CCC2(C(=O)NC)CCN(C(=O)OCC(C)C)CC2)C1. The van der Waals surface area contributed by atoms with Crippen LogP contribution in [0.5, 0.6) is 0 Å². The van der Waals surface area contributed by atoms with Crippen molar-refractivity contribution >= 4 is 17.9 Å². The smallest absolute Gasteiger partial charge is 0.409 e. The zero-order chi connectivity index (χ0) is 23.1. The molecule has 2 aliphatic heterocycles. The molecule has 0 spiro atoms. The monoisotopic (exact) mass is 438 g/mol. The Balaban J connectivity index is 1.99. The van der Waals surface area contributed by atoms with Crippen molar-refractivity contribution in [1.29, 1.82) is 0 Å². The van der Waals surface area contributed by atoms with Crippen LogP contribution in [0.25, 0.3) is 0 Å². The summed E-state index contributed by atoms with van der Waals surface area (Å²) in [6.07, 6.45) is 5.01. The van der Waals surface area contributed by atoms with Gasteiger partial charge in [0.05, 0.1) is 17.4 Å². The molecule has 0 radical (unpaired) electrons. The van der Waals surface area contributed by atoms with Crippen molar-refractivity contribution in [3.63, 3.8) is 0 Å². The number of nitrogens with one attached hydrogen (secondary N) is 3. The Labute approximate surface area is 187 Å². The van der Waals surface area contributed by atoms with Gasteiger partial charge in [-0.05, 0) is 57.4 Å². The number of carbonyl (C=O) groups is 3. The Hall–Kier alpha value is -1.83. The number of piperidine rings is 2. The maximum absolute atomic E-state index is 12.9. The third kappa shape index (κ3) is 6.11. The van der Waals surface area contributed by atoms with Crippen LogP contribution in [0, 0.1) is 16.7 Å². The summed E-state index contributed by atoms with van der Waals surface area (Å²) < 4.78 is 5.36.